The lowest BCUT2D eigenvalue weighted by molar-refractivity contribution is -0.126. The Labute approximate surface area is 110 Å². The third-order valence-electron chi connectivity index (χ3n) is 2.56. The summed E-state index contributed by atoms with van der Waals surface area (Å²) < 4.78 is 10.2. The number of aliphatic hydroxyl groups excluding tert-OH is 1. The number of hydrogen-bond donors (Lipinski definition) is 1. The van der Waals surface area contributed by atoms with Gasteiger partial charge in [0.2, 0.25) is 5.91 Å². The number of hydrogen-bond acceptors (Lipinski definition) is 4. The molecule has 0 aromatic heterocycles. The second-order valence-corrected chi connectivity index (χ2v) is 4.22. The molecule has 5 nitrogen and oxygen atoms in total. The Hall–Kier alpha value is -0.650. The van der Waals surface area contributed by atoms with E-state index in [1.165, 1.54) is 0 Å². The molecule has 1 amide bonds. The molecule has 0 aromatic carbocycles. The molecule has 1 N–H and O–H groups in total. The third-order valence-corrected chi connectivity index (χ3v) is 2.56. The van der Waals surface area contributed by atoms with Crippen LogP contribution in [0.3, 0.4) is 0 Å². The molecule has 1 aliphatic rings. The summed E-state index contributed by atoms with van der Waals surface area (Å²) in [7, 11) is 1.84. The molecule has 0 spiro atoms. The molecular weight excluding hydrogens is 234 g/mol. The highest BCUT2D eigenvalue weighted by Gasteiger charge is 2.14. The van der Waals surface area contributed by atoms with Crippen molar-refractivity contribution in [3.8, 4) is 0 Å². The first-order valence-electron chi connectivity index (χ1n) is 6.72. The zero-order valence-corrected chi connectivity index (χ0v) is 11.7. The molecule has 0 aromatic rings. The molecule has 18 heavy (non-hydrogen) atoms. The first-order chi connectivity index (χ1) is 8.72. The number of ether oxygens (including phenoxy) is 2. The largest absolute Gasteiger partial charge is 0.394 e. The lowest BCUT2D eigenvalue weighted by Crippen LogP contribution is -2.17. The summed E-state index contributed by atoms with van der Waals surface area (Å²) in [6, 6.07) is 0. The summed E-state index contributed by atoms with van der Waals surface area (Å²) in [4.78, 5) is 12.3. The third kappa shape index (κ3) is 10.5. The van der Waals surface area contributed by atoms with Crippen molar-refractivity contribution >= 4 is 5.91 Å². The van der Waals surface area contributed by atoms with Crippen LogP contribution in [0.4, 0.5) is 0 Å². The monoisotopic (exact) mass is 261 g/mol. The Bertz CT molecular complexity index is 191. The van der Waals surface area contributed by atoms with Crippen LogP contribution in [0, 0.1) is 0 Å². The van der Waals surface area contributed by atoms with Crippen molar-refractivity contribution in [1.82, 2.24) is 4.90 Å². The van der Waals surface area contributed by atoms with E-state index in [4.69, 9.17) is 14.6 Å². The number of carbonyl (C=O) groups is 1. The quantitative estimate of drug-likeness (QED) is 0.664. The van der Waals surface area contributed by atoms with E-state index in [0.29, 0.717) is 25.7 Å². The Morgan fingerprint density at radius 3 is 2.28 bits per heavy atom. The average molecular weight is 261 g/mol. The average Bonchev–Trinajstić information content (AvgIpc) is 2.74. The van der Waals surface area contributed by atoms with Gasteiger partial charge in [0.15, 0.2) is 0 Å². The van der Waals surface area contributed by atoms with Crippen LogP contribution in [0.15, 0.2) is 0 Å². The second-order valence-electron chi connectivity index (χ2n) is 4.22. The van der Waals surface area contributed by atoms with Gasteiger partial charge in [0, 0.05) is 26.6 Å². The summed E-state index contributed by atoms with van der Waals surface area (Å²) in [6.07, 6.45) is 4.09. The topological polar surface area (TPSA) is 59.0 Å². The summed E-state index contributed by atoms with van der Waals surface area (Å²) in [6.45, 7) is 5.64. The van der Waals surface area contributed by atoms with Gasteiger partial charge in [-0.05, 0) is 12.8 Å². The van der Waals surface area contributed by atoms with E-state index in [2.05, 4.69) is 6.92 Å². The van der Waals surface area contributed by atoms with Gasteiger partial charge in [-0.2, -0.15) is 0 Å². The van der Waals surface area contributed by atoms with Crippen LogP contribution in [0.2, 0.25) is 0 Å². The van der Waals surface area contributed by atoms with Crippen molar-refractivity contribution in [2.75, 3.05) is 46.6 Å². The molecule has 5 heteroatoms. The molecule has 1 rings (SSSR count). The van der Waals surface area contributed by atoms with Crippen molar-refractivity contribution in [3.05, 3.63) is 0 Å². The fraction of sp³-hybridized carbons (Fsp3) is 0.923. The van der Waals surface area contributed by atoms with Crippen LogP contribution in [0.1, 0.15) is 32.6 Å². The molecule has 1 aliphatic heterocycles. The maximum Gasteiger partial charge on any atom is 0.222 e. The van der Waals surface area contributed by atoms with Gasteiger partial charge < -0.3 is 19.5 Å². The van der Waals surface area contributed by atoms with Gasteiger partial charge in [-0.1, -0.05) is 13.3 Å². The van der Waals surface area contributed by atoms with Crippen LogP contribution in [0.25, 0.3) is 0 Å². The lowest BCUT2D eigenvalue weighted by atomic mass is 10.4. The fourth-order valence-corrected chi connectivity index (χ4v) is 1.42. The minimum absolute atomic E-state index is 0.0922. The van der Waals surface area contributed by atoms with Crippen molar-refractivity contribution in [3.63, 3.8) is 0 Å². The number of nitrogens with zero attached hydrogens (tertiary/aromatic N) is 1. The molecule has 0 radical (unpaired) electrons. The van der Waals surface area contributed by atoms with Crippen molar-refractivity contribution < 1.29 is 19.4 Å². The smallest absolute Gasteiger partial charge is 0.222 e. The molecule has 0 bridgehead atoms. The molecule has 0 saturated carbocycles. The Morgan fingerprint density at radius 2 is 1.89 bits per heavy atom. The summed E-state index contributed by atoms with van der Waals surface area (Å²) >= 11 is 0. The molecule has 1 saturated heterocycles. The van der Waals surface area contributed by atoms with Crippen molar-refractivity contribution in [2.45, 2.75) is 32.6 Å². The van der Waals surface area contributed by atoms with Gasteiger partial charge in [-0.25, -0.2) is 0 Å². The number of unbranched alkanes of at least 4 members (excludes halogenated alkanes) is 1. The molecule has 108 valence electrons. The van der Waals surface area contributed by atoms with Gasteiger partial charge in [0.25, 0.3) is 0 Å². The van der Waals surface area contributed by atoms with Crippen molar-refractivity contribution in [2.24, 2.45) is 0 Å². The lowest BCUT2D eigenvalue weighted by Gasteiger charge is -2.03. The second kappa shape index (κ2) is 12.8. The fourth-order valence-electron chi connectivity index (χ4n) is 1.42. The van der Waals surface area contributed by atoms with E-state index in [9.17, 15) is 4.79 Å². The molecule has 1 fully saturated rings. The molecular formula is C13H27NO4. The first kappa shape index (κ1) is 17.4. The van der Waals surface area contributed by atoms with Crippen LogP contribution in [-0.2, 0) is 14.3 Å². The highest BCUT2D eigenvalue weighted by atomic mass is 16.5. The number of aliphatic hydroxyl groups is 1. The Balaban J connectivity index is 0.000000351. The minimum atomic E-state index is 0.0922. The van der Waals surface area contributed by atoms with Gasteiger partial charge >= 0.3 is 0 Å². The number of carbonyl (C=O) groups excluding carboxylic acids is 1. The van der Waals surface area contributed by atoms with E-state index in [-0.39, 0.29) is 6.61 Å². The highest BCUT2D eigenvalue weighted by molar-refractivity contribution is 5.77. The van der Waals surface area contributed by atoms with E-state index in [0.717, 1.165) is 38.8 Å². The standard InChI is InChI=1S/C8H18O3.C5H9NO/c1-2-3-5-10-7-8-11-6-4-9;1-6-4-2-3-5(6)7/h9H,2-8H2,1H3;2-4H2,1H3. The summed E-state index contributed by atoms with van der Waals surface area (Å²) in [5.41, 5.74) is 0. The van der Waals surface area contributed by atoms with Crippen LogP contribution in [-0.4, -0.2) is 62.5 Å². The van der Waals surface area contributed by atoms with Gasteiger partial charge in [0.05, 0.1) is 26.4 Å². The van der Waals surface area contributed by atoms with E-state index in [1.807, 2.05) is 7.05 Å². The summed E-state index contributed by atoms with van der Waals surface area (Å²) in [5.74, 6) is 0.292. The normalized spacial score (nSPS) is 14.6. The van der Waals surface area contributed by atoms with Gasteiger partial charge in [-0.15, -0.1) is 0 Å². The first-order valence-corrected chi connectivity index (χ1v) is 6.72. The SMILES string of the molecule is CCCCOCCOCCO.CN1CCCC1=O. The Morgan fingerprint density at radius 1 is 1.22 bits per heavy atom. The van der Waals surface area contributed by atoms with Crippen molar-refractivity contribution in [1.29, 1.82) is 0 Å². The van der Waals surface area contributed by atoms with Crippen LogP contribution < -0.4 is 0 Å². The number of amides is 1. The Kier molecular flexibility index (Phi) is 12.3. The maximum absolute atomic E-state index is 10.5. The molecule has 0 aliphatic carbocycles. The molecule has 0 unspecified atom stereocenters. The zero-order valence-electron chi connectivity index (χ0n) is 11.7. The van der Waals surface area contributed by atoms with E-state index in [1.54, 1.807) is 4.90 Å². The van der Waals surface area contributed by atoms with Gasteiger partial charge in [0.1, 0.15) is 0 Å². The number of rotatable bonds is 8. The predicted molar refractivity (Wildman–Crippen MR) is 70.5 cm³/mol. The van der Waals surface area contributed by atoms with Crippen LogP contribution >= 0.6 is 0 Å². The minimum Gasteiger partial charge on any atom is -0.394 e. The zero-order chi connectivity index (χ0) is 13.6. The highest BCUT2D eigenvalue weighted by Crippen LogP contribution is 2.04. The molecule has 0 atom stereocenters. The summed E-state index contributed by atoms with van der Waals surface area (Å²) in [5, 5.41) is 8.34. The maximum atomic E-state index is 10.5. The van der Waals surface area contributed by atoms with E-state index < -0.39 is 0 Å². The van der Waals surface area contributed by atoms with E-state index >= 15 is 0 Å². The van der Waals surface area contributed by atoms with Gasteiger partial charge in [-0.3, -0.25) is 4.79 Å². The molecule has 1 heterocycles. The predicted octanol–water partition coefficient (Wildman–Crippen LogP) is 1.05. The van der Waals surface area contributed by atoms with Crippen LogP contribution in [0.5, 0.6) is 0 Å². The number of likely N-dealkylation sites (tertiary alicyclic amines) is 1.